The summed E-state index contributed by atoms with van der Waals surface area (Å²) in [6.07, 6.45) is -0.807. The van der Waals surface area contributed by atoms with Gasteiger partial charge < -0.3 is 10.1 Å². The van der Waals surface area contributed by atoms with Gasteiger partial charge in [0.25, 0.3) is 5.91 Å². The van der Waals surface area contributed by atoms with Gasteiger partial charge in [0.1, 0.15) is 5.75 Å². The third-order valence-corrected chi connectivity index (χ3v) is 2.43. The van der Waals surface area contributed by atoms with Crippen LogP contribution in [0, 0.1) is 0 Å². The predicted molar refractivity (Wildman–Crippen MR) is 65.9 cm³/mol. The number of anilines is 1. The third kappa shape index (κ3) is 2.78. The van der Waals surface area contributed by atoms with Crippen LogP contribution in [0.5, 0.6) is 5.75 Å². The molecule has 0 aromatic heterocycles. The first-order chi connectivity index (χ1) is 8.56. The molecule has 0 fully saturated rings. The monoisotopic (exact) mass is 249 g/mol. The van der Waals surface area contributed by atoms with E-state index in [1.165, 1.54) is 5.01 Å². The molecule has 0 aliphatic carbocycles. The Bertz CT molecular complexity index is 473. The second kappa shape index (κ2) is 5.05. The maximum Gasteiger partial charge on any atom is 0.266 e. The van der Waals surface area contributed by atoms with E-state index in [1.54, 1.807) is 26.2 Å². The highest BCUT2D eigenvalue weighted by Crippen LogP contribution is 2.29. The molecule has 0 unspecified atom stereocenters. The summed E-state index contributed by atoms with van der Waals surface area (Å²) in [7, 11) is 3.41. The Morgan fingerprint density at radius 3 is 2.89 bits per heavy atom. The van der Waals surface area contributed by atoms with Gasteiger partial charge in [-0.3, -0.25) is 15.0 Å². The molecular formula is C12H15N3O3. The minimum Gasteiger partial charge on any atom is -0.478 e. The Labute approximate surface area is 105 Å². The quantitative estimate of drug-likeness (QED) is 0.759. The topological polar surface area (TPSA) is 70.7 Å². The number of amides is 2. The number of ether oxygens (including phenoxy) is 1. The van der Waals surface area contributed by atoms with Gasteiger partial charge in [0.15, 0.2) is 6.10 Å². The molecule has 0 saturated heterocycles. The fourth-order valence-electron chi connectivity index (χ4n) is 1.69. The fraction of sp³-hybridized carbons (Fsp3) is 0.333. The van der Waals surface area contributed by atoms with Crippen molar-refractivity contribution in [2.45, 2.75) is 12.5 Å². The number of fused-ring (bicyclic) bond motifs is 1. The first-order valence-electron chi connectivity index (χ1n) is 5.59. The summed E-state index contributed by atoms with van der Waals surface area (Å²) < 4.78 is 5.51. The number of nitrogens with one attached hydrogen (secondary N) is 2. The molecule has 2 N–H and O–H groups in total. The Morgan fingerprint density at radius 2 is 2.17 bits per heavy atom. The van der Waals surface area contributed by atoms with Crippen molar-refractivity contribution in [1.82, 2.24) is 10.4 Å². The van der Waals surface area contributed by atoms with Crippen molar-refractivity contribution in [2.75, 3.05) is 19.4 Å². The number of nitrogens with zero attached hydrogens (tertiary/aromatic N) is 1. The molecule has 1 aromatic rings. The van der Waals surface area contributed by atoms with Gasteiger partial charge in [0.2, 0.25) is 5.91 Å². The molecule has 1 aliphatic heterocycles. The minimum atomic E-state index is -0.792. The summed E-state index contributed by atoms with van der Waals surface area (Å²) in [5.41, 5.74) is 3.20. The summed E-state index contributed by atoms with van der Waals surface area (Å²) in [5, 5.41) is 4.24. The van der Waals surface area contributed by atoms with Gasteiger partial charge in [-0.05, 0) is 12.1 Å². The summed E-state index contributed by atoms with van der Waals surface area (Å²) in [6.45, 7) is 0. The van der Waals surface area contributed by atoms with E-state index < -0.39 is 6.10 Å². The molecule has 1 aliphatic rings. The number of para-hydroxylation sites is 2. The standard InChI is InChI=1S/C12H15N3O3/c1-15(2)14-11(16)7-10-12(17)13-8-5-3-4-6-9(8)18-10/h3-6,10H,7H2,1-2H3,(H,13,17)(H,14,16)/t10-/m0/s1. The number of hydrogen-bond donors (Lipinski definition) is 2. The molecule has 18 heavy (non-hydrogen) atoms. The molecule has 0 spiro atoms. The molecule has 2 rings (SSSR count). The SMILES string of the molecule is CN(C)NC(=O)C[C@@H]1Oc2ccccc2NC1=O. The van der Waals surface area contributed by atoms with E-state index in [0.717, 1.165) is 0 Å². The van der Waals surface area contributed by atoms with Crippen molar-refractivity contribution < 1.29 is 14.3 Å². The lowest BCUT2D eigenvalue weighted by atomic mass is 10.1. The van der Waals surface area contributed by atoms with Gasteiger partial charge >= 0.3 is 0 Å². The van der Waals surface area contributed by atoms with Gasteiger partial charge in [0, 0.05) is 14.1 Å². The molecule has 96 valence electrons. The highest BCUT2D eigenvalue weighted by atomic mass is 16.5. The predicted octanol–water partition coefficient (Wildman–Crippen LogP) is 0.369. The Kier molecular flexibility index (Phi) is 3.47. The van der Waals surface area contributed by atoms with E-state index in [4.69, 9.17) is 4.74 Å². The highest BCUT2D eigenvalue weighted by Gasteiger charge is 2.29. The second-order valence-electron chi connectivity index (χ2n) is 4.23. The number of hydrazine groups is 1. The average Bonchev–Trinajstić information content (AvgIpc) is 2.29. The van der Waals surface area contributed by atoms with Crippen LogP contribution < -0.4 is 15.5 Å². The van der Waals surface area contributed by atoms with Gasteiger partial charge in [-0.15, -0.1) is 0 Å². The maximum atomic E-state index is 11.7. The lowest BCUT2D eigenvalue weighted by molar-refractivity contribution is -0.132. The van der Waals surface area contributed by atoms with Crippen molar-refractivity contribution in [3.63, 3.8) is 0 Å². The van der Waals surface area contributed by atoms with Crippen LogP contribution in [0.25, 0.3) is 0 Å². The number of rotatable bonds is 3. The molecule has 1 aromatic carbocycles. The van der Waals surface area contributed by atoms with E-state index in [2.05, 4.69) is 10.7 Å². The Balaban J connectivity index is 2.04. The summed E-state index contributed by atoms with van der Waals surface area (Å²) in [5.74, 6) is 0.0156. The number of carbonyl (C=O) groups excluding carboxylic acids is 2. The summed E-state index contributed by atoms with van der Waals surface area (Å²) in [6, 6.07) is 7.13. The molecule has 0 radical (unpaired) electrons. The normalized spacial score (nSPS) is 17.7. The molecule has 6 heteroatoms. The zero-order chi connectivity index (χ0) is 13.1. The van der Waals surface area contributed by atoms with E-state index in [9.17, 15) is 9.59 Å². The third-order valence-electron chi connectivity index (χ3n) is 2.43. The Hall–Kier alpha value is -2.08. The van der Waals surface area contributed by atoms with Gasteiger partial charge in [-0.1, -0.05) is 12.1 Å². The first-order valence-corrected chi connectivity index (χ1v) is 5.59. The largest absolute Gasteiger partial charge is 0.478 e. The van der Waals surface area contributed by atoms with Crippen LogP contribution in [0.2, 0.25) is 0 Å². The van der Waals surface area contributed by atoms with Gasteiger partial charge in [-0.2, -0.15) is 0 Å². The summed E-state index contributed by atoms with van der Waals surface area (Å²) in [4.78, 5) is 23.3. The number of carbonyl (C=O) groups is 2. The molecular weight excluding hydrogens is 234 g/mol. The highest BCUT2D eigenvalue weighted by molar-refractivity contribution is 5.99. The molecule has 6 nitrogen and oxygen atoms in total. The molecule has 2 amide bonds. The molecule has 1 heterocycles. The van der Waals surface area contributed by atoms with Crippen molar-refractivity contribution in [2.24, 2.45) is 0 Å². The lowest BCUT2D eigenvalue weighted by Crippen LogP contribution is -2.43. The average molecular weight is 249 g/mol. The van der Waals surface area contributed by atoms with Crippen molar-refractivity contribution >= 4 is 17.5 Å². The van der Waals surface area contributed by atoms with Crippen LogP contribution in [0.15, 0.2) is 24.3 Å². The zero-order valence-corrected chi connectivity index (χ0v) is 10.3. The van der Waals surface area contributed by atoms with Crippen LogP contribution in [-0.2, 0) is 9.59 Å². The Morgan fingerprint density at radius 1 is 1.44 bits per heavy atom. The summed E-state index contributed by atoms with van der Waals surface area (Å²) >= 11 is 0. The second-order valence-corrected chi connectivity index (χ2v) is 4.23. The number of benzene rings is 1. The van der Waals surface area contributed by atoms with Crippen LogP contribution in [0.3, 0.4) is 0 Å². The maximum absolute atomic E-state index is 11.7. The van der Waals surface area contributed by atoms with E-state index in [-0.39, 0.29) is 18.2 Å². The van der Waals surface area contributed by atoms with Crippen molar-refractivity contribution in [1.29, 1.82) is 0 Å². The number of hydrogen-bond acceptors (Lipinski definition) is 4. The lowest BCUT2D eigenvalue weighted by Gasteiger charge is -2.25. The first kappa shape index (κ1) is 12.4. The van der Waals surface area contributed by atoms with E-state index in [1.807, 2.05) is 12.1 Å². The molecule has 0 saturated carbocycles. The van der Waals surface area contributed by atoms with Crippen LogP contribution in [-0.4, -0.2) is 37.0 Å². The fourth-order valence-corrected chi connectivity index (χ4v) is 1.69. The van der Waals surface area contributed by atoms with E-state index >= 15 is 0 Å². The van der Waals surface area contributed by atoms with Gasteiger partial charge in [-0.25, -0.2) is 5.01 Å². The van der Waals surface area contributed by atoms with Crippen molar-refractivity contribution in [3.8, 4) is 5.75 Å². The van der Waals surface area contributed by atoms with Crippen LogP contribution in [0.1, 0.15) is 6.42 Å². The van der Waals surface area contributed by atoms with Crippen LogP contribution >= 0.6 is 0 Å². The van der Waals surface area contributed by atoms with E-state index in [0.29, 0.717) is 11.4 Å². The van der Waals surface area contributed by atoms with Crippen LogP contribution in [0.4, 0.5) is 5.69 Å². The van der Waals surface area contributed by atoms with Crippen molar-refractivity contribution in [3.05, 3.63) is 24.3 Å². The molecule has 0 bridgehead atoms. The minimum absolute atomic E-state index is 0.0155. The smallest absolute Gasteiger partial charge is 0.266 e. The van der Waals surface area contributed by atoms with Gasteiger partial charge in [0.05, 0.1) is 12.1 Å². The molecule has 1 atom stereocenters. The zero-order valence-electron chi connectivity index (χ0n) is 10.3.